The van der Waals surface area contributed by atoms with Crippen molar-refractivity contribution in [3.63, 3.8) is 0 Å². The molecule has 0 spiro atoms. The van der Waals surface area contributed by atoms with Crippen LogP contribution >= 0.6 is 0 Å². The van der Waals surface area contributed by atoms with Crippen LogP contribution < -0.4 is 4.74 Å². The summed E-state index contributed by atoms with van der Waals surface area (Å²) in [6.45, 7) is 6.64. The van der Waals surface area contributed by atoms with Crippen LogP contribution in [0.1, 0.15) is 94.0 Å². The molecule has 23 heavy (non-hydrogen) atoms. The van der Waals surface area contributed by atoms with Crippen molar-refractivity contribution < 1.29 is 9.53 Å². The van der Waals surface area contributed by atoms with Crippen molar-refractivity contribution in [3.8, 4) is 5.75 Å². The van der Waals surface area contributed by atoms with Gasteiger partial charge in [0.1, 0.15) is 5.75 Å². The molecular weight excluding hydrogens is 284 g/mol. The van der Waals surface area contributed by atoms with Gasteiger partial charge < -0.3 is 4.74 Å². The number of ketones is 1. The average Bonchev–Trinajstić information content (AvgIpc) is 2.53. The van der Waals surface area contributed by atoms with Crippen molar-refractivity contribution in [2.24, 2.45) is 0 Å². The summed E-state index contributed by atoms with van der Waals surface area (Å²) >= 11 is 0. The second-order valence-electron chi connectivity index (χ2n) is 6.57. The van der Waals surface area contributed by atoms with Gasteiger partial charge >= 0.3 is 0 Å². The SMILES string of the molecule is CCCCCCCCCCCCOc1ccc(C(C)=O)cc1C. The maximum atomic E-state index is 11.3. The van der Waals surface area contributed by atoms with Crippen LogP contribution in [0.25, 0.3) is 0 Å². The first-order valence-electron chi connectivity index (χ1n) is 9.39. The number of hydrogen-bond acceptors (Lipinski definition) is 2. The smallest absolute Gasteiger partial charge is 0.159 e. The van der Waals surface area contributed by atoms with Crippen LogP contribution in [0.3, 0.4) is 0 Å². The highest BCUT2D eigenvalue weighted by Crippen LogP contribution is 2.20. The monoisotopic (exact) mass is 318 g/mol. The van der Waals surface area contributed by atoms with E-state index in [0.717, 1.165) is 29.9 Å². The molecule has 130 valence electrons. The third-order valence-electron chi connectivity index (χ3n) is 4.34. The minimum Gasteiger partial charge on any atom is -0.493 e. The Hall–Kier alpha value is -1.31. The van der Waals surface area contributed by atoms with E-state index in [1.54, 1.807) is 6.92 Å². The first-order chi connectivity index (χ1) is 11.1. The van der Waals surface area contributed by atoms with Gasteiger partial charge in [0.25, 0.3) is 0 Å². The number of benzene rings is 1. The highest BCUT2D eigenvalue weighted by Gasteiger charge is 2.04. The van der Waals surface area contributed by atoms with Crippen LogP contribution in [0.2, 0.25) is 0 Å². The van der Waals surface area contributed by atoms with Crippen molar-refractivity contribution in [3.05, 3.63) is 29.3 Å². The Kier molecular flexibility index (Phi) is 10.4. The Morgan fingerprint density at radius 3 is 2.00 bits per heavy atom. The summed E-state index contributed by atoms with van der Waals surface area (Å²) in [5.74, 6) is 1.01. The minimum atomic E-state index is 0.106. The van der Waals surface area contributed by atoms with Gasteiger partial charge in [-0.25, -0.2) is 0 Å². The van der Waals surface area contributed by atoms with E-state index in [1.165, 1.54) is 57.8 Å². The molecule has 0 heterocycles. The molecule has 0 bridgehead atoms. The van der Waals surface area contributed by atoms with Crippen molar-refractivity contribution in [2.75, 3.05) is 6.61 Å². The van der Waals surface area contributed by atoms with E-state index in [2.05, 4.69) is 6.92 Å². The molecule has 0 saturated heterocycles. The van der Waals surface area contributed by atoms with E-state index in [9.17, 15) is 4.79 Å². The summed E-state index contributed by atoms with van der Waals surface area (Å²) in [5, 5.41) is 0. The summed E-state index contributed by atoms with van der Waals surface area (Å²) in [6.07, 6.45) is 13.4. The topological polar surface area (TPSA) is 26.3 Å². The van der Waals surface area contributed by atoms with Crippen molar-refractivity contribution >= 4 is 5.78 Å². The summed E-state index contributed by atoms with van der Waals surface area (Å²) in [5.41, 5.74) is 1.80. The lowest BCUT2D eigenvalue weighted by Gasteiger charge is -2.10. The second-order valence-corrected chi connectivity index (χ2v) is 6.57. The van der Waals surface area contributed by atoms with Crippen LogP contribution in [-0.4, -0.2) is 12.4 Å². The van der Waals surface area contributed by atoms with Crippen molar-refractivity contribution in [1.29, 1.82) is 0 Å². The lowest BCUT2D eigenvalue weighted by Crippen LogP contribution is -2.00. The van der Waals surface area contributed by atoms with Crippen LogP contribution in [0.5, 0.6) is 5.75 Å². The van der Waals surface area contributed by atoms with Crippen LogP contribution in [-0.2, 0) is 0 Å². The van der Waals surface area contributed by atoms with Crippen LogP contribution in [0.4, 0.5) is 0 Å². The summed E-state index contributed by atoms with van der Waals surface area (Å²) in [6, 6.07) is 5.68. The number of carbonyl (C=O) groups excluding carboxylic acids is 1. The van der Waals surface area contributed by atoms with Crippen LogP contribution in [0, 0.1) is 6.92 Å². The summed E-state index contributed by atoms with van der Waals surface area (Å²) in [4.78, 5) is 11.3. The Bertz CT molecular complexity index is 451. The van der Waals surface area contributed by atoms with Gasteiger partial charge in [-0.15, -0.1) is 0 Å². The van der Waals surface area contributed by atoms with Gasteiger partial charge in [-0.1, -0.05) is 64.7 Å². The normalized spacial score (nSPS) is 10.7. The van der Waals surface area contributed by atoms with Crippen molar-refractivity contribution in [2.45, 2.75) is 85.0 Å². The van der Waals surface area contributed by atoms with E-state index < -0.39 is 0 Å². The third-order valence-corrected chi connectivity index (χ3v) is 4.34. The van der Waals surface area contributed by atoms with E-state index in [-0.39, 0.29) is 5.78 Å². The highest BCUT2D eigenvalue weighted by atomic mass is 16.5. The Morgan fingerprint density at radius 2 is 1.48 bits per heavy atom. The molecule has 0 fully saturated rings. The van der Waals surface area contributed by atoms with E-state index in [1.807, 2.05) is 25.1 Å². The molecule has 2 heteroatoms. The maximum Gasteiger partial charge on any atom is 0.159 e. The number of aryl methyl sites for hydroxylation is 1. The molecule has 0 saturated carbocycles. The predicted molar refractivity (Wildman–Crippen MR) is 98.5 cm³/mol. The molecule has 0 aliphatic carbocycles. The molecule has 0 N–H and O–H groups in total. The lowest BCUT2D eigenvalue weighted by molar-refractivity contribution is 0.101. The second kappa shape index (κ2) is 12.2. The van der Waals surface area contributed by atoms with Gasteiger partial charge in [-0.2, -0.15) is 0 Å². The largest absolute Gasteiger partial charge is 0.493 e. The minimum absolute atomic E-state index is 0.106. The first-order valence-corrected chi connectivity index (χ1v) is 9.39. The molecule has 1 rings (SSSR count). The molecule has 0 amide bonds. The molecular formula is C21H34O2. The first kappa shape index (κ1) is 19.7. The van der Waals surface area contributed by atoms with Gasteiger partial charge in [0, 0.05) is 5.56 Å². The molecule has 0 atom stereocenters. The predicted octanol–water partition coefficient (Wildman–Crippen LogP) is 6.50. The Labute approximate surface area is 142 Å². The fourth-order valence-electron chi connectivity index (χ4n) is 2.80. The fraction of sp³-hybridized carbons (Fsp3) is 0.667. The zero-order chi connectivity index (χ0) is 16.9. The number of hydrogen-bond donors (Lipinski definition) is 0. The molecule has 1 aromatic carbocycles. The Morgan fingerprint density at radius 1 is 0.913 bits per heavy atom. The van der Waals surface area contributed by atoms with Gasteiger partial charge in [0.2, 0.25) is 0 Å². The quantitative estimate of drug-likeness (QED) is 0.306. The van der Waals surface area contributed by atoms with E-state index >= 15 is 0 Å². The summed E-state index contributed by atoms with van der Waals surface area (Å²) in [7, 11) is 0. The lowest BCUT2D eigenvalue weighted by atomic mass is 10.1. The number of Topliss-reactive ketones (excluding diaryl/α,β-unsaturated/α-hetero) is 1. The van der Waals surface area contributed by atoms with Gasteiger partial charge in [-0.05, 0) is 44.0 Å². The van der Waals surface area contributed by atoms with Gasteiger partial charge in [-0.3, -0.25) is 4.79 Å². The van der Waals surface area contributed by atoms with Gasteiger partial charge in [0.15, 0.2) is 5.78 Å². The molecule has 0 aliphatic rings. The third kappa shape index (κ3) is 8.78. The Balaban J connectivity index is 2.04. The zero-order valence-electron chi connectivity index (χ0n) is 15.3. The highest BCUT2D eigenvalue weighted by molar-refractivity contribution is 5.94. The fourth-order valence-corrected chi connectivity index (χ4v) is 2.80. The van der Waals surface area contributed by atoms with Crippen LogP contribution in [0.15, 0.2) is 18.2 Å². The van der Waals surface area contributed by atoms with Crippen molar-refractivity contribution in [1.82, 2.24) is 0 Å². The molecule has 0 aliphatic heterocycles. The maximum absolute atomic E-state index is 11.3. The standard InChI is InChI=1S/C21H34O2/c1-4-5-6-7-8-9-10-11-12-13-16-23-21-15-14-20(19(3)22)17-18(21)2/h14-15,17H,4-13,16H2,1-3H3. The molecule has 0 radical (unpaired) electrons. The zero-order valence-corrected chi connectivity index (χ0v) is 15.3. The number of unbranched alkanes of at least 4 members (excludes halogenated alkanes) is 9. The molecule has 0 aromatic heterocycles. The number of ether oxygens (including phenoxy) is 1. The van der Waals surface area contributed by atoms with E-state index in [0.29, 0.717) is 0 Å². The molecule has 0 unspecified atom stereocenters. The molecule has 2 nitrogen and oxygen atoms in total. The molecule has 1 aromatic rings. The number of carbonyl (C=O) groups is 1. The summed E-state index contributed by atoms with van der Waals surface area (Å²) < 4.78 is 5.83. The van der Waals surface area contributed by atoms with Gasteiger partial charge in [0.05, 0.1) is 6.61 Å². The number of rotatable bonds is 13. The van der Waals surface area contributed by atoms with E-state index in [4.69, 9.17) is 4.74 Å². The average molecular weight is 319 g/mol.